The van der Waals surface area contributed by atoms with Gasteiger partial charge in [-0.2, -0.15) is 30.0 Å². The van der Waals surface area contributed by atoms with Gasteiger partial charge in [0.1, 0.15) is 36.4 Å². The zero-order chi connectivity index (χ0) is 64.6. The number of hydrogen-bond donors (Lipinski definition) is 10. The molecule has 7 atom stereocenters. The molecule has 0 bridgehead atoms. The van der Waals surface area contributed by atoms with Gasteiger partial charge in [-0.1, -0.05) is 63.3 Å². The minimum Gasteiger partial charge on any atom is -0.460 e. The van der Waals surface area contributed by atoms with Crippen molar-refractivity contribution in [1.29, 1.82) is 0 Å². The number of phosphoric ester groups is 1. The van der Waals surface area contributed by atoms with E-state index in [1.807, 2.05) is 30.1 Å². The Morgan fingerprint density at radius 3 is 2.26 bits per heavy atom. The molecule has 476 valence electrons. The number of fused-ring (bicyclic) bond motifs is 3. The number of allylic oxidation sites excluding steroid dienone is 9. The molecule has 2 aromatic carbocycles. The average molecular weight is 1320 g/mol. The molecule has 0 spiro atoms. The van der Waals surface area contributed by atoms with E-state index >= 15 is 0 Å². The topological polar surface area (TPSA) is 418 Å². The molecule has 1 aromatic heterocycles. The largest absolute Gasteiger partial charge is 0.490 e. The monoisotopic (exact) mass is 1310 g/mol. The minimum atomic E-state index is -5.90. The summed E-state index contributed by atoms with van der Waals surface area (Å²) in [7, 11) is -26.4. The first-order valence-electron chi connectivity index (χ1n) is 27.1. The molecule has 4 aliphatic rings. The van der Waals surface area contributed by atoms with Crippen LogP contribution in [0.2, 0.25) is 0 Å². The van der Waals surface area contributed by atoms with E-state index in [9.17, 15) is 74.0 Å². The van der Waals surface area contributed by atoms with Crippen molar-refractivity contribution in [2.45, 2.75) is 121 Å². The van der Waals surface area contributed by atoms with Crippen molar-refractivity contribution in [3.8, 4) is 5.75 Å². The highest BCUT2D eigenvalue weighted by atomic mass is 32.2. The van der Waals surface area contributed by atoms with E-state index in [-0.39, 0.29) is 55.3 Å². The molecule has 28 nitrogen and oxygen atoms in total. The minimum absolute atomic E-state index is 0.0426. The molecule has 0 radical (unpaired) electrons. The summed E-state index contributed by atoms with van der Waals surface area (Å²) in [5.41, 5.74) is 2.64. The predicted octanol–water partition coefficient (Wildman–Crippen LogP) is 5.92. The van der Waals surface area contributed by atoms with Gasteiger partial charge < -0.3 is 49.5 Å². The number of aliphatic hydroxyl groups excluding tert-OH is 2. The summed E-state index contributed by atoms with van der Waals surface area (Å²) in [6, 6.07) is 8.28. The fourth-order valence-electron chi connectivity index (χ4n) is 10.8. The first-order chi connectivity index (χ1) is 40.1. The van der Waals surface area contributed by atoms with Crippen molar-refractivity contribution in [1.82, 2.24) is 14.9 Å². The third-order valence-electron chi connectivity index (χ3n) is 14.7. The first kappa shape index (κ1) is 68.9. The number of carbonyl (C=O) groups excluding carboxylic acids is 1. The summed E-state index contributed by atoms with van der Waals surface area (Å²) in [5, 5.41) is 24.0. The van der Waals surface area contributed by atoms with Crippen molar-refractivity contribution in [2.24, 2.45) is 5.41 Å². The Morgan fingerprint density at radius 2 is 1.62 bits per heavy atom. The highest BCUT2D eigenvalue weighted by Gasteiger charge is 2.49. The number of aromatic amines is 1. The molecule has 0 saturated carbocycles. The number of rotatable bonds is 24. The molecule has 5 heterocycles. The number of anilines is 1. The van der Waals surface area contributed by atoms with Gasteiger partial charge in [0, 0.05) is 78.1 Å². The van der Waals surface area contributed by atoms with Crippen molar-refractivity contribution in [3.63, 3.8) is 0 Å². The third kappa shape index (κ3) is 16.8. The molecule has 1 fully saturated rings. The van der Waals surface area contributed by atoms with Gasteiger partial charge in [-0.15, -0.1) is 0 Å². The highest BCUT2D eigenvalue weighted by Crippen LogP contribution is 2.66. The number of ether oxygens (including phenoxy) is 2. The zero-order valence-corrected chi connectivity index (χ0v) is 52.9. The molecule has 4 aliphatic heterocycles. The molecule has 3 aromatic rings. The van der Waals surface area contributed by atoms with E-state index in [4.69, 9.17) is 19.3 Å². The number of phosphoric acid groups is 3. The molecule has 0 aliphatic carbocycles. The van der Waals surface area contributed by atoms with Crippen LogP contribution in [0.4, 0.5) is 11.4 Å². The van der Waals surface area contributed by atoms with Crippen LogP contribution >= 0.6 is 23.5 Å². The number of nitrogens with one attached hydrogen (secondary N) is 2. The summed E-state index contributed by atoms with van der Waals surface area (Å²) in [5.74, 6) is 0.427. The lowest BCUT2D eigenvalue weighted by Crippen LogP contribution is -2.45. The van der Waals surface area contributed by atoms with Crippen molar-refractivity contribution in [3.05, 3.63) is 134 Å². The van der Waals surface area contributed by atoms with Gasteiger partial charge in [-0.05, 0) is 82.9 Å². The van der Waals surface area contributed by atoms with Gasteiger partial charge in [0.2, 0.25) is 11.6 Å². The number of hydrogen-bond acceptors (Lipinski definition) is 18. The van der Waals surface area contributed by atoms with Crippen LogP contribution < -0.4 is 26.2 Å². The zero-order valence-electron chi connectivity index (χ0n) is 48.5. The first-order valence-corrected chi connectivity index (χ1v) is 34.6. The third-order valence-corrected chi connectivity index (χ3v) is 20.2. The Hall–Kier alpha value is -5.59. The number of amides is 1. The van der Waals surface area contributed by atoms with Crippen LogP contribution in [0.15, 0.2) is 105 Å². The van der Waals surface area contributed by atoms with E-state index in [1.54, 1.807) is 22.8 Å². The summed E-state index contributed by atoms with van der Waals surface area (Å²) in [6.07, 6.45) is 9.67. The number of aromatic nitrogens is 2. The smallest absolute Gasteiger partial charge is 0.460 e. The van der Waals surface area contributed by atoms with Crippen LogP contribution in [-0.2, 0) is 62.0 Å². The van der Waals surface area contributed by atoms with Crippen LogP contribution in [0.1, 0.15) is 110 Å². The van der Waals surface area contributed by atoms with E-state index in [0.29, 0.717) is 27.3 Å². The summed E-state index contributed by atoms with van der Waals surface area (Å²) < 4.78 is 130. The van der Waals surface area contributed by atoms with Crippen LogP contribution in [0.25, 0.3) is 17.2 Å². The van der Waals surface area contributed by atoms with Crippen molar-refractivity contribution < 1.29 is 101 Å². The second kappa shape index (κ2) is 26.1. The molecule has 33 heteroatoms. The van der Waals surface area contributed by atoms with Crippen LogP contribution in [-0.4, -0.2) is 137 Å². The molecule has 10 N–H and O–H groups in total. The maximum atomic E-state index is 13.4. The van der Waals surface area contributed by atoms with Gasteiger partial charge in [0.05, 0.1) is 33.8 Å². The SMILES string of the molecule is CCN1c2cc3c(cc2C(C)=CC1(C)C)C(=CC=CC=CC1=[N+](CCCS(=O)(=O)O)c2ccc(S(=O)(=O)O)cc2C1(C)CCCC(=O)NC/C=C/c1cn([C@@H]2O[C@H](COP(=O)(O)OP(=O)(O)OP(=O)(O)O)[C@@H](O)[C@H]2O)c(=O)[nH]c1=O)C=C(C(C)(C)C)O3. The maximum Gasteiger partial charge on any atom is 0.490 e. The number of carbonyl (C=O) groups is 1. The Labute approximate surface area is 501 Å². The van der Waals surface area contributed by atoms with Gasteiger partial charge in [0.25, 0.3) is 25.8 Å². The van der Waals surface area contributed by atoms with Crippen molar-refractivity contribution >= 4 is 83.9 Å². The number of likely N-dealkylation sites (N-methyl/N-ethyl adjacent to an activating group) is 1. The molecule has 3 unspecified atom stereocenters. The number of H-pyrrole nitrogens is 1. The standard InChI is InChI=1S/C54H70N5O23P3S2/c1-9-59-41-29-42-38(28-37(41)33(2)30-53(59,6)7)34(26-45(79-42)52(3,4)5)16-11-10-12-18-44-54(8,39-27-36(87(75,76)77)20-21-40(39)57(44)24-15-25-86(72,73)74)22-13-19-46(60)55-23-14-17-35-31-58(51(64)56-49(35)63)50-48(62)47(61)43(80-50)32-78-84(68,69)82-85(70,71)81-83(65,66)67/h10-12,14,16-18,20-21,26-31,43,47-48,50,61-62H,9,13,15,19,22-25,32H2,1-8H3,(H7-,55,56,60,63,64,65,66,67,68,69,70,71,72,73,74,75,76,77)/p+1/b17-14+/t43-,47-,48-,50-,54?/m1/s1. The predicted molar refractivity (Wildman–Crippen MR) is 319 cm³/mol. The Bertz CT molecular complexity index is 3950. The van der Waals surface area contributed by atoms with E-state index in [2.05, 4.69) is 90.0 Å². The lowest BCUT2D eigenvalue weighted by atomic mass is 9.75. The summed E-state index contributed by atoms with van der Waals surface area (Å²) in [4.78, 5) is 79.7. The van der Waals surface area contributed by atoms with Crippen molar-refractivity contribution in [2.75, 3.05) is 36.9 Å². The quantitative estimate of drug-likeness (QED) is 0.0215. The second-order valence-corrected chi connectivity index (χ2v) is 30.1. The van der Waals surface area contributed by atoms with E-state index in [1.165, 1.54) is 30.4 Å². The van der Waals surface area contributed by atoms with Crippen LogP contribution in [0.3, 0.4) is 0 Å². The average Bonchev–Trinajstić information content (AvgIpc) is 1.73. The number of nitrogens with zero attached hydrogens (tertiary/aromatic N) is 3. The van der Waals surface area contributed by atoms with Gasteiger partial charge in [-0.25, -0.2) is 18.5 Å². The molecular formula is C54H71N5O23P3S2+. The molecule has 1 saturated heterocycles. The van der Waals surface area contributed by atoms with Crippen LogP contribution in [0, 0.1) is 5.41 Å². The Kier molecular flexibility index (Phi) is 20.7. The fourth-order valence-corrected chi connectivity index (χ4v) is 14.8. The Morgan fingerprint density at radius 1 is 0.920 bits per heavy atom. The molecule has 87 heavy (non-hydrogen) atoms. The molecule has 7 rings (SSSR count). The normalized spacial score (nSPS) is 23.4. The second-order valence-electron chi connectivity index (χ2n) is 22.7. The van der Waals surface area contributed by atoms with E-state index < -0.39 is 108 Å². The summed E-state index contributed by atoms with van der Waals surface area (Å²) in [6.45, 7) is 16.1. The highest BCUT2D eigenvalue weighted by molar-refractivity contribution is 7.86. The van der Waals surface area contributed by atoms with Gasteiger partial charge in [0.15, 0.2) is 11.9 Å². The molecular weight excluding hydrogens is 1240 g/mol. The number of aliphatic hydroxyl groups is 2. The van der Waals surface area contributed by atoms with Gasteiger partial charge in [-0.3, -0.25) is 32.8 Å². The Balaban J connectivity index is 1.08. The summed E-state index contributed by atoms with van der Waals surface area (Å²) >= 11 is 0. The lowest BCUT2D eigenvalue weighted by molar-refractivity contribution is -0.437. The van der Waals surface area contributed by atoms with Crippen LogP contribution in [0.5, 0.6) is 5.75 Å². The fraction of sp³-hybridized carbons (Fsp3) is 0.444. The van der Waals surface area contributed by atoms with E-state index in [0.717, 1.165) is 46.5 Å². The lowest BCUT2D eigenvalue weighted by Gasteiger charge is -2.43. The molecule has 1 amide bonds. The number of benzene rings is 2. The maximum absolute atomic E-state index is 13.4. The van der Waals surface area contributed by atoms with Gasteiger partial charge >= 0.3 is 29.2 Å².